The van der Waals surface area contributed by atoms with Crippen molar-refractivity contribution in [3.05, 3.63) is 29.8 Å². The number of amides is 1. The van der Waals surface area contributed by atoms with Crippen molar-refractivity contribution in [3.8, 4) is 0 Å². The van der Waals surface area contributed by atoms with Crippen LogP contribution in [0.1, 0.15) is 45.0 Å². The van der Waals surface area contributed by atoms with Crippen LogP contribution >= 0.6 is 0 Å². The molecule has 0 aliphatic carbocycles. The topological polar surface area (TPSA) is 41.6 Å². The summed E-state index contributed by atoms with van der Waals surface area (Å²) in [4.78, 5) is 14.8. The van der Waals surface area contributed by atoms with E-state index in [4.69, 9.17) is 4.74 Å². The Morgan fingerprint density at radius 2 is 1.76 bits per heavy atom. The van der Waals surface area contributed by atoms with Crippen LogP contribution in [0.15, 0.2) is 24.3 Å². The molecule has 1 N–H and O–H groups in total. The molecule has 1 fully saturated rings. The first-order valence-corrected chi connectivity index (χ1v) is 7.56. The zero-order chi connectivity index (χ0) is 15.7. The Morgan fingerprint density at radius 3 is 2.33 bits per heavy atom. The Morgan fingerprint density at radius 1 is 1.19 bits per heavy atom. The monoisotopic (exact) mass is 290 g/mol. The van der Waals surface area contributed by atoms with Crippen molar-refractivity contribution in [3.63, 3.8) is 0 Å². The van der Waals surface area contributed by atoms with E-state index in [1.54, 1.807) is 0 Å². The number of anilines is 1. The van der Waals surface area contributed by atoms with Gasteiger partial charge >= 0.3 is 0 Å². The van der Waals surface area contributed by atoms with E-state index in [0.717, 1.165) is 17.8 Å². The molecule has 21 heavy (non-hydrogen) atoms. The molecule has 1 amide bonds. The Bertz CT molecular complexity index is 507. The van der Waals surface area contributed by atoms with Crippen LogP contribution in [0.5, 0.6) is 0 Å². The average Bonchev–Trinajstić information content (AvgIpc) is 2.35. The predicted octanol–water partition coefficient (Wildman–Crippen LogP) is 3.15. The molecule has 0 bridgehead atoms. The molecule has 1 aliphatic heterocycles. The fraction of sp³-hybridized carbons (Fsp3) is 0.588. The van der Waals surface area contributed by atoms with Gasteiger partial charge in [-0.3, -0.25) is 4.79 Å². The fourth-order valence-electron chi connectivity index (χ4n) is 3.12. The first-order valence-electron chi connectivity index (χ1n) is 7.56. The summed E-state index contributed by atoms with van der Waals surface area (Å²) in [5.41, 5.74) is 0.967. The van der Waals surface area contributed by atoms with Gasteiger partial charge in [0, 0.05) is 25.3 Å². The molecule has 116 valence electrons. The third-order valence-electron chi connectivity index (χ3n) is 3.51. The largest absolute Gasteiger partial charge is 0.385 e. The first kappa shape index (κ1) is 15.8. The minimum atomic E-state index is -0.329. The van der Waals surface area contributed by atoms with Gasteiger partial charge in [-0.2, -0.15) is 0 Å². The Labute approximate surface area is 127 Å². The van der Waals surface area contributed by atoms with E-state index in [1.807, 2.05) is 63.8 Å². The maximum absolute atomic E-state index is 12.9. The van der Waals surface area contributed by atoms with E-state index in [0.29, 0.717) is 13.1 Å². The van der Waals surface area contributed by atoms with Gasteiger partial charge in [0.1, 0.15) is 0 Å². The Balaban J connectivity index is 2.27. The van der Waals surface area contributed by atoms with Crippen molar-refractivity contribution in [2.45, 2.75) is 45.8 Å². The molecular weight excluding hydrogens is 264 g/mol. The van der Waals surface area contributed by atoms with Crippen molar-refractivity contribution < 1.29 is 9.53 Å². The SMILES string of the molecule is CCNc1ccccc1C(=O)N1CC(C)(C)OC(C)(C)C1. The number of nitrogens with one attached hydrogen (secondary N) is 1. The maximum Gasteiger partial charge on any atom is 0.256 e. The lowest BCUT2D eigenvalue weighted by Crippen LogP contribution is -2.58. The van der Waals surface area contributed by atoms with Crippen LogP contribution < -0.4 is 5.32 Å². The number of rotatable bonds is 3. The van der Waals surface area contributed by atoms with E-state index in [9.17, 15) is 4.79 Å². The molecule has 2 rings (SSSR count). The second kappa shape index (κ2) is 5.68. The standard InChI is InChI=1S/C17H26N2O2/c1-6-18-14-10-8-7-9-13(14)15(20)19-11-16(2,3)21-17(4,5)12-19/h7-10,18H,6,11-12H2,1-5H3. The van der Waals surface area contributed by atoms with E-state index in [-0.39, 0.29) is 17.1 Å². The zero-order valence-corrected chi connectivity index (χ0v) is 13.7. The third kappa shape index (κ3) is 3.76. The second-order valence-corrected chi connectivity index (χ2v) is 6.86. The minimum absolute atomic E-state index is 0.0657. The number of ether oxygens (including phenoxy) is 1. The molecule has 1 aromatic rings. The summed E-state index contributed by atoms with van der Waals surface area (Å²) in [7, 11) is 0. The normalized spacial score (nSPS) is 20.1. The van der Waals surface area contributed by atoms with Crippen LogP contribution in [-0.4, -0.2) is 41.6 Å². The molecule has 0 spiro atoms. The number of carbonyl (C=O) groups is 1. The number of morpholine rings is 1. The molecule has 1 heterocycles. The highest BCUT2D eigenvalue weighted by Gasteiger charge is 2.40. The fourth-order valence-corrected chi connectivity index (χ4v) is 3.12. The summed E-state index contributed by atoms with van der Waals surface area (Å²) in [5.74, 6) is 0.0657. The van der Waals surface area contributed by atoms with Crippen LogP contribution in [0.2, 0.25) is 0 Å². The second-order valence-electron chi connectivity index (χ2n) is 6.86. The zero-order valence-electron chi connectivity index (χ0n) is 13.7. The predicted molar refractivity (Wildman–Crippen MR) is 85.8 cm³/mol. The van der Waals surface area contributed by atoms with Gasteiger partial charge in [0.25, 0.3) is 5.91 Å². The molecule has 0 atom stereocenters. The van der Waals surface area contributed by atoms with E-state index < -0.39 is 0 Å². The van der Waals surface area contributed by atoms with Crippen molar-refractivity contribution in [2.75, 3.05) is 25.0 Å². The quantitative estimate of drug-likeness (QED) is 0.930. The van der Waals surface area contributed by atoms with E-state index >= 15 is 0 Å². The summed E-state index contributed by atoms with van der Waals surface area (Å²) in [6, 6.07) is 7.69. The number of carbonyl (C=O) groups excluding carboxylic acids is 1. The van der Waals surface area contributed by atoms with Gasteiger partial charge < -0.3 is 15.0 Å². The van der Waals surface area contributed by atoms with Crippen molar-refractivity contribution in [1.82, 2.24) is 4.90 Å². The number of hydrogen-bond acceptors (Lipinski definition) is 3. The van der Waals surface area contributed by atoms with Crippen molar-refractivity contribution in [1.29, 1.82) is 0 Å². The summed E-state index contributed by atoms with van der Waals surface area (Å²) in [6.45, 7) is 12.2. The number of para-hydroxylation sites is 1. The summed E-state index contributed by atoms with van der Waals surface area (Å²) in [6.07, 6.45) is 0. The first-order chi connectivity index (χ1) is 9.74. The molecular formula is C17H26N2O2. The van der Waals surface area contributed by atoms with Gasteiger partial charge in [-0.15, -0.1) is 0 Å². The summed E-state index contributed by atoms with van der Waals surface area (Å²) in [5, 5.41) is 3.26. The summed E-state index contributed by atoms with van der Waals surface area (Å²) >= 11 is 0. The number of benzene rings is 1. The van der Waals surface area contributed by atoms with Crippen LogP contribution in [0.3, 0.4) is 0 Å². The minimum Gasteiger partial charge on any atom is -0.385 e. The highest BCUT2D eigenvalue weighted by molar-refractivity contribution is 5.99. The Hall–Kier alpha value is -1.55. The van der Waals surface area contributed by atoms with Gasteiger partial charge in [-0.1, -0.05) is 12.1 Å². The highest BCUT2D eigenvalue weighted by Crippen LogP contribution is 2.30. The lowest BCUT2D eigenvalue weighted by Gasteiger charge is -2.47. The van der Waals surface area contributed by atoms with Crippen LogP contribution in [0.4, 0.5) is 5.69 Å². The maximum atomic E-state index is 12.9. The molecule has 0 radical (unpaired) electrons. The summed E-state index contributed by atoms with van der Waals surface area (Å²) < 4.78 is 6.05. The van der Waals surface area contributed by atoms with Gasteiger partial charge in [0.15, 0.2) is 0 Å². The molecule has 0 aromatic heterocycles. The van der Waals surface area contributed by atoms with Gasteiger partial charge in [0.05, 0.1) is 16.8 Å². The van der Waals surface area contributed by atoms with Gasteiger partial charge in [0.2, 0.25) is 0 Å². The lowest BCUT2D eigenvalue weighted by atomic mass is 9.98. The van der Waals surface area contributed by atoms with Gasteiger partial charge in [-0.25, -0.2) is 0 Å². The van der Waals surface area contributed by atoms with E-state index in [2.05, 4.69) is 5.32 Å². The molecule has 4 heteroatoms. The molecule has 1 aliphatic rings. The molecule has 0 saturated carbocycles. The smallest absolute Gasteiger partial charge is 0.256 e. The lowest BCUT2D eigenvalue weighted by molar-refractivity contribution is -0.171. The number of hydrogen-bond donors (Lipinski definition) is 1. The van der Waals surface area contributed by atoms with Crippen LogP contribution in [0, 0.1) is 0 Å². The molecule has 1 aromatic carbocycles. The van der Waals surface area contributed by atoms with Gasteiger partial charge in [-0.05, 0) is 46.8 Å². The average molecular weight is 290 g/mol. The van der Waals surface area contributed by atoms with Crippen molar-refractivity contribution >= 4 is 11.6 Å². The van der Waals surface area contributed by atoms with E-state index in [1.165, 1.54) is 0 Å². The van der Waals surface area contributed by atoms with Crippen LogP contribution in [0.25, 0.3) is 0 Å². The molecule has 1 saturated heterocycles. The Kier molecular flexibility index (Phi) is 4.28. The molecule has 4 nitrogen and oxygen atoms in total. The van der Waals surface area contributed by atoms with Crippen molar-refractivity contribution in [2.24, 2.45) is 0 Å². The third-order valence-corrected chi connectivity index (χ3v) is 3.51. The molecule has 0 unspecified atom stereocenters. The van der Waals surface area contributed by atoms with Crippen LogP contribution in [-0.2, 0) is 4.74 Å². The highest BCUT2D eigenvalue weighted by atomic mass is 16.5. The number of nitrogens with zero attached hydrogens (tertiary/aromatic N) is 1.